The van der Waals surface area contributed by atoms with Crippen LogP contribution in [0.15, 0.2) is 0 Å². The minimum absolute atomic E-state index is 0.651. The molecule has 0 amide bonds. The van der Waals surface area contributed by atoms with Crippen LogP contribution in [0, 0.1) is 19.8 Å². The van der Waals surface area contributed by atoms with Crippen molar-refractivity contribution in [2.45, 2.75) is 53.5 Å². The number of nitrogens with zero attached hydrogens (tertiary/aromatic N) is 3. The Morgan fingerprint density at radius 2 is 1.95 bits per heavy atom. The highest BCUT2D eigenvalue weighted by atomic mass is 15.3. The van der Waals surface area contributed by atoms with Gasteiger partial charge in [0.05, 0.1) is 0 Å². The zero-order chi connectivity index (χ0) is 14.0. The standard InChI is InChI=1S/C15H26N4/c1-6-16-14-11(4)15(18-12(5)17-14)19(9-10(2)3)13-7-8-13/h10,13H,6-9H2,1-5H3,(H,16,17,18). The third-order valence-electron chi connectivity index (χ3n) is 3.40. The van der Waals surface area contributed by atoms with Gasteiger partial charge >= 0.3 is 0 Å². The Bertz CT molecular complexity index is 438. The maximum atomic E-state index is 4.71. The fraction of sp³-hybridized carbons (Fsp3) is 0.733. The summed E-state index contributed by atoms with van der Waals surface area (Å²) in [7, 11) is 0. The van der Waals surface area contributed by atoms with E-state index in [0.717, 1.165) is 30.5 Å². The summed E-state index contributed by atoms with van der Waals surface area (Å²) >= 11 is 0. The molecule has 0 radical (unpaired) electrons. The lowest BCUT2D eigenvalue weighted by Crippen LogP contribution is -2.32. The van der Waals surface area contributed by atoms with Crippen molar-refractivity contribution in [3.63, 3.8) is 0 Å². The van der Waals surface area contributed by atoms with Crippen molar-refractivity contribution in [3.05, 3.63) is 11.4 Å². The van der Waals surface area contributed by atoms with E-state index in [9.17, 15) is 0 Å². The van der Waals surface area contributed by atoms with E-state index in [-0.39, 0.29) is 0 Å². The molecule has 0 aliphatic heterocycles. The second kappa shape index (κ2) is 5.76. The maximum Gasteiger partial charge on any atom is 0.137 e. The van der Waals surface area contributed by atoms with Gasteiger partial charge in [-0.05, 0) is 39.5 Å². The van der Waals surface area contributed by atoms with Gasteiger partial charge < -0.3 is 10.2 Å². The summed E-state index contributed by atoms with van der Waals surface area (Å²) in [5, 5.41) is 3.35. The summed E-state index contributed by atoms with van der Waals surface area (Å²) in [6.07, 6.45) is 2.59. The predicted octanol–water partition coefficient (Wildman–Crippen LogP) is 3.15. The lowest BCUT2D eigenvalue weighted by molar-refractivity contribution is 0.600. The first-order valence-electron chi connectivity index (χ1n) is 7.38. The van der Waals surface area contributed by atoms with Gasteiger partial charge in [0.15, 0.2) is 0 Å². The van der Waals surface area contributed by atoms with E-state index in [1.807, 2.05) is 6.92 Å². The van der Waals surface area contributed by atoms with Crippen LogP contribution in [-0.4, -0.2) is 29.1 Å². The summed E-state index contributed by atoms with van der Waals surface area (Å²) in [6.45, 7) is 12.7. The van der Waals surface area contributed by atoms with Gasteiger partial charge in [-0.25, -0.2) is 9.97 Å². The molecular formula is C15H26N4. The normalized spacial score (nSPS) is 14.8. The number of rotatable bonds is 6. The highest BCUT2D eigenvalue weighted by Crippen LogP contribution is 2.34. The Kier molecular flexibility index (Phi) is 4.27. The van der Waals surface area contributed by atoms with E-state index in [4.69, 9.17) is 4.98 Å². The van der Waals surface area contributed by atoms with Crippen LogP contribution in [0.2, 0.25) is 0 Å². The fourth-order valence-electron chi connectivity index (χ4n) is 2.42. The van der Waals surface area contributed by atoms with E-state index < -0.39 is 0 Å². The molecule has 2 rings (SSSR count). The van der Waals surface area contributed by atoms with Crippen LogP contribution >= 0.6 is 0 Å². The van der Waals surface area contributed by atoms with E-state index in [0.29, 0.717) is 12.0 Å². The number of aryl methyl sites for hydroxylation is 1. The SMILES string of the molecule is CCNc1nc(C)nc(N(CC(C)C)C2CC2)c1C. The van der Waals surface area contributed by atoms with Crippen molar-refractivity contribution >= 4 is 11.6 Å². The zero-order valence-electron chi connectivity index (χ0n) is 12.8. The first-order valence-corrected chi connectivity index (χ1v) is 7.38. The molecule has 1 aliphatic carbocycles. The molecule has 0 atom stereocenters. The van der Waals surface area contributed by atoms with Crippen molar-refractivity contribution in [1.29, 1.82) is 0 Å². The highest BCUT2D eigenvalue weighted by Gasteiger charge is 2.31. The van der Waals surface area contributed by atoms with Crippen LogP contribution in [0.5, 0.6) is 0 Å². The van der Waals surface area contributed by atoms with Crippen molar-refractivity contribution < 1.29 is 0 Å². The van der Waals surface area contributed by atoms with E-state index in [1.165, 1.54) is 18.4 Å². The molecule has 0 spiro atoms. The third kappa shape index (κ3) is 3.37. The van der Waals surface area contributed by atoms with Crippen molar-refractivity contribution in [1.82, 2.24) is 9.97 Å². The number of hydrogen-bond donors (Lipinski definition) is 1. The first kappa shape index (κ1) is 14.1. The third-order valence-corrected chi connectivity index (χ3v) is 3.40. The largest absolute Gasteiger partial charge is 0.370 e. The van der Waals surface area contributed by atoms with E-state index in [1.54, 1.807) is 0 Å². The van der Waals surface area contributed by atoms with Gasteiger partial charge in [0.2, 0.25) is 0 Å². The quantitative estimate of drug-likeness (QED) is 0.855. The van der Waals surface area contributed by atoms with Crippen LogP contribution in [0.25, 0.3) is 0 Å². The van der Waals surface area contributed by atoms with Crippen molar-refractivity contribution in [2.75, 3.05) is 23.3 Å². The summed E-state index contributed by atoms with van der Waals surface area (Å²) in [5.74, 6) is 3.61. The molecule has 1 aromatic rings. The second-order valence-corrected chi connectivity index (χ2v) is 5.88. The van der Waals surface area contributed by atoms with Crippen molar-refractivity contribution in [3.8, 4) is 0 Å². The lowest BCUT2D eigenvalue weighted by Gasteiger charge is -2.28. The Labute approximate surface area is 116 Å². The van der Waals surface area contributed by atoms with E-state index in [2.05, 4.69) is 42.9 Å². The summed E-state index contributed by atoms with van der Waals surface area (Å²) in [6, 6.07) is 0.685. The average Bonchev–Trinajstić information content (AvgIpc) is 3.15. The molecule has 1 heterocycles. The maximum absolute atomic E-state index is 4.71. The Morgan fingerprint density at radius 1 is 1.26 bits per heavy atom. The Hall–Kier alpha value is -1.32. The number of nitrogens with one attached hydrogen (secondary N) is 1. The molecule has 0 saturated heterocycles. The van der Waals surface area contributed by atoms with Crippen LogP contribution < -0.4 is 10.2 Å². The molecule has 1 aliphatic rings. The van der Waals surface area contributed by atoms with Gasteiger partial charge in [-0.3, -0.25) is 0 Å². The molecule has 1 saturated carbocycles. The van der Waals surface area contributed by atoms with Gasteiger partial charge in [-0.1, -0.05) is 13.8 Å². The first-order chi connectivity index (χ1) is 9.02. The summed E-state index contributed by atoms with van der Waals surface area (Å²) in [5.41, 5.74) is 1.18. The minimum Gasteiger partial charge on any atom is -0.370 e. The number of aromatic nitrogens is 2. The Morgan fingerprint density at radius 3 is 2.47 bits per heavy atom. The smallest absolute Gasteiger partial charge is 0.137 e. The molecule has 106 valence electrons. The molecule has 4 nitrogen and oxygen atoms in total. The van der Waals surface area contributed by atoms with Crippen molar-refractivity contribution in [2.24, 2.45) is 5.92 Å². The van der Waals surface area contributed by atoms with E-state index >= 15 is 0 Å². The Balaban J connectivity index is 2.35. The van der Waals surface area contributed by atoms with Crippen LogP contribution in [0.4, 0.5) is 11.6 Å². The van der Waals surface area contributed by atoms with Crippen LogP contribution in [-0.2, 0) is 0 Å². The van der Waals surface area contributed by atoms with Gasteiger partial charge in [-0.2, -0.15) is 0 Å². The predicted molar refractivity (Wildman–Crippen MR) is 80.9 cm³/mol. The molecule has 0 bridgehead atoms. The van der Waals surface area contributed by atoms with Gasteiger partial charge in [0.1, 0.15) is 17.5 Å². The highest BCUT2D eigenvalue weighted by molar-refractivity contribution is 5.59. The number of anilines is 2. The lowest BCUT2D eigenvalue weighted by atomic mass is 10.2. The van der Waals surface area contributed by atoms with Gasteiger partial charge in [0.25, 0.3) is 0 Å². The minimum atomic E-state index is 0.651. The van der Waals surface area contributed by atoms with Gasteiger partial charge in [-0.15, -0.1) is 0 Å². The summed E-state index contributed by atoms with van der Waals surface area (Å²) < 4.78 is 0. The monoisotopic (exact) mass is 262 g/mol. The fourth-order valence-corrected chi connectivity index (χ4v) is 2.42. The molecule has 1 N–H and O–H groups in total. The molecule has 4 heteroatoms. The molecule has 0 unspecified atom stereocenters. The number of hydrogen-bond acceptors (Lipinski definition) is 4. The second-order valence-electron chi connectivity index (χ2n) is 5.88. The molecule has 19 heavy (non-hydrogen) atoms. The molecule has 0 aromatic carbocycles. The van der Waals surface area contributed by atoms with Crippen LogP contribution in [0.3, 0.4) is 0 Å². The topological polar surface area (TPSA) is 41.1 Å². The van der Waals surface area contributed by atoms with Gasteiger partial charge in [0, 0.05) is 24.7 Å². The summed E-state index contributed by atoms with van der Waals surface area (Å²) in [4.78, 5) is 11.7. The van der Waals surface area contributed by atoms with Crippen LogP contribution in [0.1, 0.15) is 45.0 Å². The zero-order valence-corrected chi connectivity index (χ0v) is 12.8. The average molecular weight is 262 g/mol. The molecule has 1 aromatic heterocycles. The molecule has 1 fully saturated rings. The molecular weight excluding hydrogens is 236 g/mol.